The molecule has 0 unspecified atom stereocenters. The number of nitrogen functional groups attached to an aromatic ring is 1. The molecule has 0 amide bonds. The fourth-order valence-corrected chi connectivity index (χ4v) is 3.48. The van der Waals surface area contributed by atoms with E-state index < -0.39 is 0 Å². The number of halogens is 2. The lowest BCUT2D eigenvalue weighted by Crippen LogP contribution is -1.94. The van der Waals surface area contributed by atoms with E-state index >= 15 is 0 Å². The molecule has 0 aliphatic carbocycles. The van der Waals surface area contributed by atoms with Crippen molar-refractivity contribution in [3.63, 3.8) is 0 Å². The van der Waals surface area contributed by atoms with Crippen LogP contribution in [0.5, 0.6) is 0 Å². The predicted molar refractivity (Wildman–Crippen MR) is 86.4 cm³/mol. The zero-order valence-electron chi connectivity index (χ0n) is 10.7. The van der Waals surface area contributed by atoms with Crippen LogP contribution in [0.1, 0.15) is 12.5 Å². The first-order valence-corrected chi connectivity index (χ1v) is 7.68. The molecule has 0 radical (unpaired) electrons. The number of aryl methyl sites for hydroxylation is 1. The summed E-state index contributed by atoms with van der Waals surface area (Å²) in [5, 5.41) is 0. The number of aromatic nitrogens is 2. The number of benzene rings is 1. The minimum absolute atomic E-state index is 0.543. The van der Waals surface area contributed by atoms with Crippen LogP contribution in [0.25, 0.3) is 22.6 Å². The maximum atomic E-state index is 6.08. The minimum atomic E-state index is 0.543. The van der Waals surface area contributed by atoms with Crippen molar-refractivity contribution in [1.29, 1.82) is 0 Å². The standard InChI is InChI=1S/C14H11Br2N3O/c1-2-8-9(15)11(17)10(16)12-13(8)20-14(19-12)7-4-3-5-18-6-7/h3-6H,2,17H2,1H3. The fraction of sp³-hybridized carbons (Fsp3) is 0.143. The first-order chi connectivity index (χ1) is 9.63. The summed E-state index contributed by atoms with van der Waals surface area (Å²) < 4.78 is 7.53. The van der Waals surface area contributed by atoms with Crippen molar-refractivity contribution < 1.29 is 4.42 Å². The van der Waals surface area contributed by atoms with Gasteiger partial charge in [0.15, 0.2) is 5.58 Å². The van der Waals surface area contributed by atoms with Gasteiger partial charge in [0.1, 0.15) is 5.52 Å². The van der Waals surface area contributed by atoms with E-state index in [-0.39, 0.29) is 0 Å². The predicted octanol–water partition coefficient (Wildman–Crippen LogP) is 4.56. The van der Waals surface area contributed by atoms with Crippen LogP contribution in [0, 0.1) is 0 Å². The van der Waals surface area contributed by atoms with Gasteiger partial charge in [0, 0.05) is 22.4 Å². The molecule has 6 heteroatoms. The van der Waals surface area contributed by atoms with Crippen molar-refractivity contribution in [3.05, 3.63) is 39.0 Å². The largest absolute Gasteiger partial charge is 0.436 e. The third-order valence-corrected chi connectivity index (χ3v) is 4.82. The van der Waals surface area contributed by atoms with Crippen LogP contribution in [-0.4, -0.2) is 9.97 Å². The molecule has 2 aromatic heterocycles. The average Bonchev–Trinajstić information content (AvgIpc) is 2.91. The molecule has 1 aromatic carbocycles. The van der Waals surface area contributed by atoms with Crippen molar-refractivity contribution in [2.24, 2.45) is 0 Å². The van der Waals surface area contributed by atoms with E-state index in [9.17, 15) is 0 Å². The van der Waals surface area contributed by atoms with Gasteiger partial charge in [-0.3, -0.25) is 4.98 Å². The number of hydrogen-bond acceptors (Lipinski definition) is 4. The highest BCUT2D eigenvalue weighted by Gasteiger charge is 2.19. The second-order valence-electron chi connectivity index (χ2n) is 4.31. The zero-order valence-corrected chi connectivity index (χ0v) is 13.8. The highest BCUT2D eigenvalue weighted by atomic mass is 79.9. The van der Waals surface area contributed by atoms with Crippen LogP contribution in [0.15, 0.2) is 37.9 Å². The number of hydrogen-bond donors (Lipinski definition) is 1. The van der Waals surface area contributed by atoms with Crippen LogP contribution in [0.3, 0.4) is 0 Å². The first kappa shape index (κ1) is 13.6. The summed E-state index contributed by atoms with van der Waals surface area (Å²) in [5.41, 5.74) is 10.1. The van der Waals surface area contributed by atoms with E-state index in [2.05, 4.69) is 48.8 Å². The van der Waals surface area contributed by atoms with Gasteiger partial charge in [-0.1, -0.05) is 6.92 Å². The van der Waals surface area contributed by atoms with Crippen LogP contribution >= 0.6 is 31.9 Å². The Morgan fingerprint density at radius 1 is 1.30 bits per heavy atom. The maximum Gasteiger partial charge on any atom is 0.228 e. The van der Waals surface area contributed by atoms with Crippen LogP contribution in [0.2, 0.25) is 0 Å². The Balaban J connectivity index is 2.33. The van der Waals surface area contributed by atoms with Crippen LogP contribution in [-0.2, 0) is 6.42 Å². The molecule has 3 rings (SSSR count). The molecule has 0 saturated heterocycles. The Labute approximate surface area is 132 Å². The molecule has 2 N–H and O–H groups in total. The molecule has 4 nitrogen and oxygen atoms in total. The Morgan fingerprint density at radius 3 is 2.75 bits per heavy atom. The molecule has 3 aromatic rings. The number of nitrogens with two attached hydrogens (primary N) is 1. The highest BCUT2D eigenvalue weighted by Crippen LogP contribution is 2.41. The van der Waals surface area contributed by atoms with Crippen molar-refractivity contribution in [2.45, 2.75) is 13.3 Å². The average molecular weight is 397 g/mol. The van der Waals surface area contributed by atoms with Gasteiger partial charge < -0.3 is 10.2 Å². The molecule has 0 saturated carbocycles. The van der Waals surface area contributed by atoms with Gasteiger partial charge in [-0.25, -0.2) is 4.98 Å². The lowest BCUT2D eigenvalue weighted by atomic mass is 10.1. The van der Waals surface area contributed by atoms with Gasteiger partial charge in [-0.05, 0) is 50.4 Å². The quantitative estimate of drug-likeness (QED) is 0.645. The van der Waals surface area contributed by atoms with Crippen LogP contribution in [0.4, 0.5) is 5.69 Å². The van der Waals surface area contributed by atoms with E-state index in [0.717, 1.165) is 37.6 Å². The van der Waals surface area contributed by atoms with Crippen molar-refractivity contribution in [1.82, 2.24) is 9.97 Å². The monoisotopic (exact) mass is 395 g/mol. The van der Waals surface area contributed by atoms with Gasteiger partial charge >= 0.3 is 0 Å². The Hall–Kier alpha value is -1.40. The Kier molecular flexibility index (Phi) is 3.52. The number of oxazole rings is 1. The summed E-state index contributed by atoms with van der Waals surface area (Å²) in [7, 11) is 0. The topological polar surface area (TPSA) is 64.9 Å². The number of rotatable bonds is 2. The van der Waals surface area contributed by atoms with Crippen molar-refractivity contribution >= 4 is 48.6 Å². The van der Waals surface area contributed by atoms with E-state index in [1.54, 1.807) is 12.4 Å². The lowest BCUT2D eigenvalue weighted by molar-refractivity contribution is 0.615. The van der Waals surface area contributed by atoms with E-state index in [1.165, 1.54) is 0 Å². The summed E-state index contributed by atoms with van der Waals surface area (Å²) in [6.07, 6.45) is 4.24. The SMILES string of the molecule is CCc1c(Br)c(N)c(Br)c2nc(-c3cccnc3)oc12. The summed E-state index contributed by atoms with van der Waals surface area (Å²) in [6.45, 7) is 2.05. The third-order valence-electron chi connectivity index (χ3n) is 3.11. The fourth-order valence-electron chi connectivity index (χ4n) is 2.09. The number of fused-ring (bicyclic) bond motifs is 1. The molecular formula is C14H11Br2N3O. The lowest BCUT2D eigenvalue weighted by Gasteiger charge is -2.07. The minimum Gasteiger partial charge on any atom is -0.436 e. The summed E-state index contributed by atoms with van der Waals surface area (Å²) in [5.74, 6) is 0.543. The molecule has 0 aliphatic heterocycles. The highest BCUT2D eigenvalue weighted by molar-refractivity contribution is 9.11. The second-order valence-corrected chi connectivity index (χ2v) is 5.90. The Bertz CT molecular complexity index is 784. The Morgan fingerprint density at radius 2 is 2.10 bits per heavy atom. The van der Waals surface area contributed by atoms with Crippen molar-refractivity contribution in [3.8, 4) is 11.5 Å². The number of nitrogens with zero attached hydrogens (tertiary/aromatic N) is 2. The van der Waals surface area contributed by atoms with Gasteiger partial charge in [0.05, 0.1) is 15.7 Å². The van der Waals surface area contributed by atoms with Gasteiger partial charge in [0.25, 0.3) is 0 Å². The van der Waals surface area contributed by atoms with Gasteiger partial charge in [-0.2, -0.15) is 0 Å². The smallest absolute Gasteiger partial charge is 0.228 e. The maximum absolute atomic E-state index is 6.08. The molecule has 2 heterocycles. The van der Waals surface area contributed by atoms with Gasteiger partial charge in [0.2, 0.25) is 5.89 Å². The van der Waals surface area contributed by atoms with E-state index in [0.29, 0.717) is 11.6 Å². The van der Waals surface area contributed by atoms with Crippen molar-refractivity contribution in [2.75, 3.05) is 5.73 Å². The van der Waals surface area contributed by atoms with E-state index in [4.69, 9.17) is 10.2 Å². The molecule has 0 spiro atoms. The third kappa shape index (κ3) is 2.03. The number of anilines is 1. The summed E-state index contributed by atoms with van der Waals surface area (Å²) in [4.78, 5) is 8.62. The molecule has 102 valence electrons. The molecule has 0 fully saturated rings. The first-order valence-electron chi connectivity index (χ1n) is 6.09. The zero-order chi connectivity index (χ0) is 14.3. The van der Waals surface area contributed by atoms with Crippen LogP contribution < -0.4 is 5.73 Å². The number of pyridine rings is 1. The summed E-state index contributed by atoms with van der Waals surface area (Å²) >= 11 is 7.01. The van der Waals surface area contributed by atoms with E-state index in [1.807, 2.05) is 12.1 Å². The van der Waals surface area contributed by atoms with Gasteiger partial charge in [-0.15, -0.1) is 0 Å². The molecule has 0 aliphatic rings. The normalized spacial score (nSPS) is 11.2. The molecular weight excluding hydrogens is 386 g/mol. The molecule has 0 bridgehead atoms. The summed E-state index contributed by atoms with van der Waals surface area (Å²) in [6, 6.07) is 3.76. The molecule has 0 atom stereocenters. The second kappa shape index (κ2) is 5.18. The molecule has 20 heavy (non-hydrogen) atoms.